The second kappa shape index (κ2) is 14.5. The number of aliphatic hydroxyl groups is 3. The average molecular weight is 286 g/mol. The van der Waals surface area contributed by atoms with Crippen molar-refractivity contribution in [1.29, 1.82) is 0 Å². The van der Waals surface area contributed by atoms with Crippen LogP contribution in [0.4, 0.5) is 0 Å². The minimum atomic E-state index is -1.42. The summed E-state index contributed by atoms with van der Waals surface area (Å²) in [6.45, 7) is 9.95. The third-order valence-electron chi connectivity index (χ3n) is 2.37. The van der Waals surface area contributed by atoms with Crippen LogP contribution in [0.1, 0.15) is 46.6 Å². The molecule has 0 amide bonds. The van der Waals surface area contributed by atoms with E-state index in [9.17, 15) is 5.11 Å². The first-order chi connectivity index (χ1) is 9.59. The van der Waals surface area contributed by atoms with Crippen LogP contribution < -0.4 is 0 Å². The van der Waals surface area contributed by atoms with Gasteiger partial charge in [-0.3, -0.25) is 0 Å². The van der Waals surface area contributed by atoms with Crippen molar-refractivity contribution in [2.24, 2.45) is 5.92 Å². The lowest BCUT2D eigenvalue weighted by Crippen LogP contribution is -2.23. The summed E-state index contributed by atoms with van der Waals surface area (Å²) in [7, 11) is 0. The standard InChI is InChI=1S/C12H18O4.2C2H6/c1-9(12(14)15)7-11(13)16-8-10-5-3-2-4-6-10;2*1-2/h2-6,9,11-15H,7-8H2,1H3;2*1-2H3. The Morgan fingerprint density at radius 3 is 1.90 bits per heavy atom. The molecule has 2 atom stereocenters. The van der Waals surface area contributed by atoms with Gasteiger partial charge < -0.3 is 20.1 Å². The highest BCUT2D eigenvalue weighted by atomic mass is 16.6. The van der Waals surface area contributed by atoms with Gasteiger partial charge in [-0.25, -0.2) is 0 Å². The monoisotopic (exact) mass is 286 g/mol. The molecular formula is C16H30O4. The van der Waals surface area contributed by atoms with Crippen molar-refractivity contribution in [3.63, 3.8) is 0 Å². The Labute approximate surface area is 123 Å². The van der Waals surface area contributed by atoms with E-state index in [0.29, 0.717) is 6.61 Å². The molecule has 1 aromatic rings. The van der Waals surface area contributed by atoms with Crippen LogP contribution in [0, 0.1) is 5.92 Å². The van der Waals surface area contributed by atoms with Gasteiger partial charge >= 0.3 is 0 Å². The number of hydrogen-bond acceptors (Lipinski definition) is 4. The summed E-state index contributed by atoms with van der Waals surface area (Å²) in [5.41, 5.74) is 0.971. The van der Waals surface area contributed by atoms with Crippen molar-refractivity contribution in [3.05, 3.63) is 35.9 Å². The van der Waals surface area contributed by atoms with Crippen LogP contribution in [-0.2, 0) is 11.3 Å². The SMILES string of the molecule is CC.CC.CC(CC(O)OCc1ccccc1)C(O)O. The van der Waals surface area contributed by atoms with Gasteiger partial charge in [0.25, 0.3) is 0 Å². The molecule has 4 nitrogen and oxygen atoms in total. The zero-order valence-electron chi connectivity index (χ0n) is 13.3. The maximum atomic E-state index is 9.49. The van der Waals surface area contributed by atoms with E-state index in [1.54, 1.807) is 6.92 Å². The molecule has 1 aromatic carbocycles. The molecule has 0 aromatic heterocycles. The van der Waals surface area contributed by atoms with E-state index in [0.717, 1.165) is 5.56 Å². The lowest BCUT2D eigenvalue weighted by atomic mass is 10.1. The molecule has 2 unspecified atom stereocenters. The molecule has 20 heavy (non-hydrogen) atoms. The maximum Gasteiger partial charge on any atom is 0.155 e. The van der Waals surface area contributed by atoms with E-state index >= 15 is 0 Å². The van der Waals surface area contributed by atoms with Crippen LogP contribution in [0.2, 0.25) is 0 Å². The Kier molecular flexibility index (Phi) is 15.5. The third-order valence-corrected chi connectivity index (χ3v) is 2.37. The second-order valence-corrected chi connectivity index (χ2v) is 3.88. The van der Waals surface area contributed by atoms with Crippen LogP contribution in [0.5, 0.6) is 0 Å². The Morgan fingerprint density at radius 1 is 0.950 bits per heavy atom. The van der Waals surface area contributed by atoms with Crippen molar-refractivity contribution in [2.45, 2.75) is 60.2 Å². The Hall–Kier alpha value is -0.940. The van der Waals surface area contributed by atoms with E-state index in [1.165, 1.54) is 0 Å². The van der Waals surface area contributed by atoms with E-state index < -0.39 is 18.5 Å². The van der Waals surface area contributed by atoms with Crippen molar-refractivity contribution in [3.8, 4) is 0 Å². The van der Waals surface area contributed by atoms with Crippen molar-refractivity contribution >= 4 is 0 Å². The minimum absolute atomic E-state index is 0.199. The summed E-state index contributed by atoms with van der Waals surface area (Å²) in [6, 6.07) is 9.49. The third kappa shape index (κ3) is 10.9. The molecule has 4 heteroatoms. The van der Waals surface area contributed by atoms with E-state index in [2.05, 4.69) is 0 Å². The molecule has 3 N–H and O–H groups in total. The van der Waals surface area contributed by atoms with E-state index in [-0.39, 0.29) is 6.42 Å². The van der Waals surface area contributed by atoms with Crippen molar-refractivity contribution in [2.75, 3.05) is 0 Å². The molecule has 0 aliphatic rings. The smallest absolute Gasteiger partial charge is 0.155 e. The molecule has 0 aliphatic carbocycles. The molecule has 0 heterocycles. The number of benzene rings is 1. The normalized spacial score (nSPS) is 12.7. The zero-order valence-corrected chi connectivity index (χ0v) is 13.3. The molecule has 0 aliphatic heterocycles. The summed E-state index contributed by atoms with van der Waals surface area (Å²) in [4.78, 5) is 0. The number of aliphatic hydroxyl groups excluding tert-OH is 2. The van der Waals surface area contributed by atoms with Crippen LogP contribution in [0.25, 0.3) is 0 Å². The first-order valence-corrected chi connectivity index (χ1v) is 7.29. The number of ether oxygens (including phenoxy) is 1. The molecule has 1 rings (SSSR count). The summed E-state index contributed by atoms with van der Waals surface area (Å²) < 4.78 is 5.18. The van der Waals surface area contributed by atoms with Gasteiger partial charge in [-0.15, -0.1) is 0 Å². The van der Waals surface area contributed by atoms with Crippen LogP contribution in [0.3, 0.4) is 0 Å². The Morgan fingerprint density at radius 2 is 1.45 bits per heavy atom. The van der Waals surface area contributed by atoms with Crippen LogP contribution in [-0.4, -0.2) is 27.9 Å². The molecule has 0 radical (unpaired) electrons. The van der Waals surface area contributed by atoms with Crippen LogP contribution in [0.15, 0.2) is 30.3 Å². The predicted octanol–water partition coefficient (Wildman–Crippen LogP) is 2.91. The molecule has 0 saturated carbocycles. The predicted molar refractivity (Wildman–Crippen MR) is 81.9 cm³/mol. The van der Waals surface area contributed by atoms with Gasteiger partial charge in [-0.2, -0.15) is 0 Å². The first kappa shape index (κ1) is 21.4. The highest BCUT2D eigenvalue weighted by Gasteiger charge is 2.16. The molecule has 0 fully saturated rings. The fraction of sp³-hybridized carbons (Fsp3) is 0.625. The summed E-state index contributed by atoms with van der Waals surface area (Å²) in [5.74, 6) is -0.411. The molecule has 0 spiro atoms. The highest BCUT2D eigenvalue weighted by molar-refractivity contribution is 5.13. The first-order valence-electron chi connectivity index (χ1n) is 7.29. The van der Waals surface area contributed by atoms with Crippen LogP contribution >= 0.6 is 0 Å². The topological polar surface area (TPSA) is 69.9 Å². The fourth-order valence-corrected chi connectivity index (χ4v) is 1.27. The quantitative estimate of drug-likeness (QED) is 0.703. The average Bonchev–Trinajstić information content (AvgIpc) is 2.50. The zero-order chi connectivity index (χ0) is 16.0. The number of hydrogen-bond donors (Lipinski definition) is 3. The molecule has 0 bridgehead atoms. The lowest BCUT2D eigenvalue weighted by molar-refractivity contribution is -0.148. The van der Waals surface area contributed by atoms with E-state index in [4.69, 9.17) is 14.9 Å². The molecule has 118 valence electrons. The number of rotatable bonds is 6. The molecule has 0 saturated heterocycles. The van der Waals surface area contributed by atoms with E-state index in [1.807, 2.05) is 58.0 Å². The van der Waals surface area contributed by atoms with Crippen molar-refractivity contribution in [1.82, 2.24) is 0 Å². The Balaban J connectivity index is 0. The van der Waals surface area contributed by atoms with Gasteiger partial charge in [0.2, 0.25) is 0 Å². The van der Waals surface area contributed by atoms with Gasteiger partial charge in [0, 0.05) is 12.3 Å². The fourth-order valence-electron chi connectivity index (χ4n) is 1.27. The van der Waals surface area contributed by atoms with Gasteiger partial charge in [0.05, 0.1) is 6.61 Å². The maximum absolute atomic E-state index is 9.49. The Bertz CT molecular complexity index is 288. The lowest BCUT2D eigenvalue weighted by Gasteiger charge is -2.18. The molecular weight excluding hydrogens is 256 g/mol. The summed E-state index contributed by atoms with van der Waals surface area (Å²) in [6.07, 6.45) is -2.20. The summed E-state index contributed by atoms with van der Waals surface area (Å²) >= 11 is 0. The van der Waals surface area contributed by atoms with Gasteiger partial charge in [-0.1, -0.05) is 65.0 Å². The largest absolute Gasteiger partial charge is 0.368 e. The second-order valence-electron chi connectivity index (χ2n) is 3.88. The minimum Gasteiger partial charge on any atom is -0.368 e. The van der Waals surface area contributed by atoms with Crippen molar-refractivity contribution < 1.29 is 20.1 Å². The van der Waals surface area contributed by atoms with Gasteiger partial charge in [0.1, 0.15) is 0 Å². The highest BCUT2D eigenvalue weighted by Crippen LogP contribution is 2.12. The van der Waals surface area contributed by atoms with Gasteiger partial charge in [0.15, 0.2) is 12.6 Å². The van der Waals surface area contributed by atoms with Gasteiger partial charge in [-0.05, 0) is 5.56 Å². The summed E-state index contributed by atoms with van der Waals surface area (Å²) in [5, 5.41) is 27.2.